The predicted molar refractivity (Wildman–Crippen MR) is 129 cm³/mol. The van der Waals surface area contributed by atoms with Crippen molar-refractivity contribution in [2.45, 2.75) is 12.3 Å². The number of ketones is 1. The van der Waals surface area contributed by atoms with Crippen molar-refractivity contribution in [3.63, 3.8) is 0 Å². The number of esters is 1. The number of rotatable bonds is 3. The van der Waals surface area contributed by atoms with E-state index in [0.717, 1.165) is 27.8 Å². The molecule has 0 saturated carbocycles. The fourth-order valence-corrected chi connectivity index (χ4v) is 4.88. The molecule has 7 heteroatoms. The van der Waals surface area contributed by atoms with Crippen LogP contribution in [0.25, 0.3) is 17.0 Å². The summed E-state index contributed by atoms with van der Waals surface area (Å²) in [7, 11) is 3.55. The number of aromatic nitrogens is 1. The molecule has 0 bridgehead atoms. The number of methoxy groups -OCH3 is 1. The van der Waals surface area contributed by atoms with Crippen LogP contribution in [0.3, 0.4) is 0 Å². The summed E-state index contributed by atoms with van der Waals surface area (Å²) in [5.74, 6) is 0.876. The van der Waals surface area contributed by atoms with E-state index in [-0.39, 0.29) is 35.6 Å². The van der Waals surface area contributed by atoms with Crippen LogP contribution in [0.1, 0.15) is 39.4 Å². The van der Waals surface area contributed by atoms with E-state index in [1.54, 1.807) is 49.6 Å². The zero-order valence-electron chi connectivity index (χ0n) is 19.1. The van der Waals surface area contributed by atoms with Gasteiger partial charge in [0, 0.05) is 41.2 Å². The van der Waals surface area contributed by atoms with E-state index in [2.05, 4.69) is 0 Å². The van der Waals surface area contributed by atoms with Crippen molar-refractivity contribution >= 4 is 28.7 Å². The second kappa shape index (κ2) is 7.77. The maximum absolute atomic E-state index is 13.3. The topological polar surface area (TPSA) is 87.0 Å². The number of hydrogen-bond donors (Lipinski definition) is 1. The number of fused-ring (bicyclic) bond motifs is 4. The SMILES string of the molecule is COc1ccc2c(c1)c(/C=C1\Oc3c(ccc4c3[C@H](c3ccc(O)cc3)CC(=O)O4)C1=O)cn2C. The van der Waals surface area contributed by atoms with E-state index in [0.29, 0.717) is 22.6 Å². The van der Waals surface area contributed by atoms with E-state index >= 15 is 0 Å². The number of phenols is 1. The lowest BCUT2D eigenvalue weighted by atomic mass is 9.84. The molecule has 1 aromatic heterocycles. The van der Waals surface area contributed by atoms with Crippen LogP contribution in [0.4, 0.5) is 0 Å². The Morgan fingerprint density at radius 3 is 2.63 bits per heavy atom. The monoisotopic (exact) mass is 467 g/mol. The zero-order chi connectivity index (χ0) is 24.3. The predicted octanol–water partition coefficient (Wildman–Crippen LogP) is 4.95. The number of ether oxygens (including phenoxy) is 3. The Hall–Kier alpha value is -4.52. The third-order valence-corrected chi connectivity index (χ3v) is 6.59. The first kappa shape index (κ1) is 21.0. The maximum Gasteiger partial charge on any atom is 0.312 e. The Kier molecular flexibility index (Phi) is 4.67. The molecule has 6 rings (SSSR count). The zero-order valence-corrected chi connectivity index (χ0v) is 19.1. The van der Waals surface area contributed by atoms with Crippen LogP contribution >= 0.6 is 0 Å². The van der Waals surface area contributed by atoms with Gasteiger partial charge in [-0.1, -0.05) is 12.1 Å². The molecular weight excluding hydrogens is 446 g/mol. The van der Waals surface area contributed by atoms with Crippen molar-refractivity contribution in [3.05, 3.63) is 88.8 Å². The van der Waals surface area contributed by atoms with Crippen LogP contribution in [-0.4, -0.2) is 28.5 Å². The first-order chi connectivity index (χ1) is 16.9. The molecule has 1 N–H and O–H groups in total. The highest BCUT2D eigenvalue weighted by atomic mass is 16.5. The van der Waals surface area contributed by atoms with Gasteiger partial charge in [0.1, 0.15) is 23.0 Å². The number of phenolic OH excluding ortho intramolecular Hbond substituents is 1. The molecule has 7 nitrogen and oxygen atoms in total. The third-order valence-electron chi connectivity index (χ3n) is 6.59. The van der Waals surface area contributed by atoms with Gasteiger partial charge in [-0.2, -0.15) is 0 Å². The van der Waals surface area contributed by atoms with Gasteiger partial charge >= 0.3 is 5.97 Å². The van der Waals surface area contributed by atoms with Crippen LogP contribution in [0, 0.1) is 0 Å². The van der Waals surface area contributed by atoms with E-state index in [9.17, 15) is 14.7 Å². The normalized spacial score (nSPS) is 17.8. The molecule has 0 unspecified atom stereocenters. The molecule has 174 valence electrons. The largest absolute Gasteiger partial charge is 0.508 e. The summed E-state index contributed by atoms with van der Waals surface area (Å²) in [6.45, 7) is 0. The lowest BCUT2D eigenvalue weighted by molar-refractivity contribution is -0.135. The minimum atomic E-state index is -0.365. The molecule has 3 aromatic carbocycles. The lowest BCUT2D eigenvalue weighted by Gasteiger charge is -2.26. The number of aromatic hydroxyl groups is 1. The Morgan fingerprint density at radius 2 is 1.86 bits per heavy atom. The molecule has 4 aromatic rings. The minimum Gasteiger partial charge on any atom is -0.508 e. The average molecular weight is 467 g/mol. The van der Waals surface area contributed by atoms with Crippen molar-refractivity contribution in [1.29, 1.82) is 0 Å². The molecule has 0 amide bonds. The Balaban J connectivity index is 1.46. The van der Waals surface area contributed by atoms with Crippen LogP contribution in [0.5, 0.6) is 23.0 Å². The molecule has 2 aliphatic heterocycles. The van der Waals surface area contributed by atoms with Gasteiger partial charge in [0.05, 0.1) is 19.1 Å². The Labute approximate surface area is 200 Å². The summed E-state index contributed by atoms with van der Waals surface area (Å²) in [6, 6.07) is 15.7. The fourth-order valence-electron chi connectivity index (χ4n) is 4.88. The van der Waals surface area contributed by atoms with E-state index in [1.165, 1.54) is 0 Å². The first-order valence-corrected chi connectivity index (χ1v) is 11.2. The molecule has 0 fully saturated rings. The van der Waals surface area contributed by atoms with Crippen molar-refractivity contribution in [2.24, 2.45) is 7.05 Å². The Bertz CT molecular complexity index is 1560. The van der Waals surface area contributed by atoms with E-state index in [1.807, 2.05) is 36.0 Å². The molecule has 0 aliphatic carbocycles. The van der Waals surface area contributed by atoms with Gasteiger partial charge in [0.15, 0.2) is 5.76 Å². The number of benzene rings is 3. The highest BCUT2D eigenvalue weighted by Crippen LogP contribution is 2.49. The standard InChI is InChI=1S/C28H21NO6/c1-29-14-16(20-12-18(33-2)7-9-22(20)29)11-24-27(32)19-8-10-23-26(28(19)35-24)21(13-25(31)34-23)15-3-5-17(30)6-4-15/h3-12,14,21,30H,13H2,1-2H3/b24-11-/t21-/m0/s1. The summed E-state index contributed by atoms with van der Waals surface area (Å²) in [5.41, 5.74) is 3.73. The second-order valence-corrected chi connectivity index (χ2v) is 8.69. The van der Waals surface area contributed by atoms with Gasteiger partial charge in [0.2, 0.25) is 5.78 Å². The number of hydrogen-bond acceptors (Lipinski definition) is 6. The van der Waals surface area contributed by atoms with Gasteiger partial charge in [-0.15, -0.1) is 0 Å². The number of carbonyl (C=O) groups excluding carboxylic acids is 2. The molecule has 0 spiro atoms. The fraction of sp³-hybridized carbons (Fsp3) is 0.143. The first-order valence-electron chi connectivity index (χ1n) is 11.2. The third kappa shape index (κ3) is 3.35. The number of Topliss-reactive ketones (excluding diaryl/α,β-unsaturated/α-hetero) is 1. The maximum atomic E-state index is 13.3. The van der Waals surface area contributed by atoms with Crippen LogP contribution in [0.15, 0.2) is 66.6 Å². The summed E-state index contributed by atoms with van der Waals surface area (Å²) >= 11 is 0. The van der Waals surface area contributed by atoms with E-state index < -0.39 is 0 Å². The molecule has 2 aliphatic rings. The average Bonchev–Trinajstić information content (AvgIpc) is 3.34. The highest BCUT2D eigenvalue weighted by molar-refractivity contribution is 6.15. The molecule has 3 heterocycles. The smallest absolute Gasteiger partial charge is 0.312 e. The second-order valence-electron chi connectivity index (χ2n) is 8.69. The van der Waals surface area contributed by atoms with Crippen molar-refractivity contribution in [1.82, 2.24) is 4.57 Å². The number of nitrogens with zero attached hydrogens (tertiary/aromatic N) is 1. The summed E-state index contributed by atoms with van der Waals surface area (Å²) in [4.78, 5) is 25.7. The van der Waals surface area contributed by atoms with Crippen LogP contribution < -0.4 is 14.2 Å². The minimum absolute atomic E-state index is 0.105. The van der Waals surface area contributed by atoms with Gasteiger partial charge in [-0.05, 0) is 54.1 Å². The highest BCUT2D eigenvalue weighted by Gasteiger charge is 2.38. The van der Waals surface area contributed by atoms with Crippen molar-refractivity contribution < 1.29 is 28.9 Å². The molecule has 0 saturated heterocycles. The lowest BCUT2D eigenvalue weighted by Crippen LogP contribution is -2.21. The number of aryl methyl sites for hydroxylation is 1. The number of allylic oxidation sites excluding steroid dienone is 1. The van der Waals surface area contributed by atoms with Crippen LogP contribution in [-0.2, 0) is 11.8 Å². The molecule has 1 atom stereocenters. The van der Waals surface area contributed by atoms with Gasteiger partial charge < -0.3 is 23.9 Å². The van der Waals surface area contributed by atoms with Crippen LogP contribution in [0.2, 0.25) is 0 Å². The van der Waals surface area contributed by atoms with E-state index in [4.69, 9.17) is 14.2 Å². The van der Waals surface area contributed by atoms with Gasteiger partial charge in [-0.25, -0.2) is 0 Å². The van der Waals surface area contributed by atoms with Crippen molar-refractivity contribution in [3.8, 4) is 23.0 Å². The summed E-state index contributed by atoms with van der Waals surface area (Å²) in [6.07, 6.45) is 3.78. The quantitative estimate of drug-likeness (QED) is 0.261. The van der Waals surface area contributed by atoms with Gasteiger partial charge in [0.25, 0.3) is 0 Å². The Morgan fingerprint density at radius 1 is 1.06 bits per heavy atom. The summed E-state index contributed by atoms with van der Waals surface area (Å²) < 4.78 is 19.0. The molecule has 35 heavy (non-hydrogen) atoms. The molecule has 0 radical (unpaired) electrons. The van der Waals surface area contributed by atoms with Gasteiger partial charge in [-0.3, -0.25) is 9.59 Å². The number of carbonyl (C=O) groups is 2. The molecular formula is C28H21NO6. The summed E-state index contributed by atoms with van der Waals surface area (Å²) in [5, 5.41) is 10.6. The van der Waals surface area contributed by atoms with Crippen molar-refractivity contribution in [2.75, 3.05) is 7.11 Å².